The van der Waals surface area contributed by atoms with Gasteiger partial charge in [0, 0.05) is 44.0 Å². The molecule has 126 valence electrons. The Morgan fingerprint density at radius 1 is 1.42 bits per heavy atom. The fourth-order valence-corrected chi connectivity index (χ4v) is 2.93. The molecule has 2 aromatic rings. The summed E-state index contributed by atoms with van der Waals surface area (Å²) in [5.74, 6) is -0.289. The third-order valence-electron chi connectivity index (χ3n) is 3.92. The maximum Gasteiger partial charge on any atom is 0.269 e. The summed E-state index contributed by atoms with van der Waals surface area (Å²) in [6.45, 7) is 1.35. The lowest BCUT2D eigenvalue weighted by atomic mass is 10.0. The molecule has 0 saturated heterocycles. The summed E-state index contributed by atoms with van der Waals surface area (Å²) in [7, 11) is 1.79. The van der Waals surface area contributed by atoms with E-state index in [0.717, 1.165) is 11.3 Å². The van der Waals surface area contributed by atoms with E-state index in [1.807, 2.05) is 4.90 Å². The van der Waals surface area contributed by atoms with Crippen LogP contribution in [0.3, 0.4) is 0 Å². The van der Waals surface area contributed by atoms with Gasteiger partial charge >= 0.3 is 0 Å². The molecular formula is C15H17ClN6O2. The maximum atomic E-state index is 12.2. The second kappa shape index (κ2) is 6.58. The van der Waals surface area contributed by atoms with Crippen LogP contribution in [0.1, 0.15) is 21.7 Å². The van der Waals surface area contributed by atoms with Gasteiger partial charge in [-0.3, -0.25) is 19.2 Å². The minimum atomic E-state index is -0.552. The smallest absolute Gasteiger partial charge is 0.269 e. The Bertz CT molecular complexity index is 786. The van der Waals surface area contributed by atoms with E-state index in [1.165, 1.54) is 6.20 Å². The van der Waals surface area contributed by atoms with Crippen LogP contribution < -0.4 is 11.1 Å². The summed E-state index contributed by atoms with van der Waals surface area (Å²) in [6.07, 6.45) is 2.18. The molecule has 9 heteroatoms. The summed E-state index contributed by atoms with van der Waals surface area (Å²) in [4.78, 5) is 29.7. The molecule has 0 saturated carbocycles. The lowest BCUT2D eigenvalue weighted by molar-refractivity contribution is -0.117. The number of pyridine rings is 1. The Labute approximate surface area is 143 Å². The summed E-state index contributed by atoms with van der Waals surface area (Å²) in [5, 5.41) is 7.40. The predicted octanol–water partition coefficient (Wildman–Crippen LogP) is 0.564. The third-order valence-corrected chi connectivity index (χ3v) is 4.14. The van der Waals surface area contributed by atoms with Crippen molar-refractivity contribution in [2.75, 3.05) is 18.4 Å². The molecule has 0 spiro atoms. The van der Waals surface area contributed by atoms with Gasteiger partial charge in [0.2, 0.25) is 5.91 Å². The minimum Gasteiger partial charge on any atom is -0.364 e. The van der Waals surface area contributed by atoms with Crippen LogP contribution in [-0.4, -0.2) is 44.6 Å². The van der Waals surface area contributed by atoms with Crippen molar-refractivity contribution >= 4 is 29.2 Å². The SMILES string of the molecule is Cn1nc(C(N)=O)c2c1CCN(CC(=O)Nc1ccc(Cl)cn1)C2. The van der Waals surface area contributed by atoms with Crippen molar-refractivity contribution in [3.05, 3.63) is 40.3 Å². The molecule has 0 unspecified atom stereocenters. The van der Waals surface area contributed by atoms with Gasteiger partial charge in [0.1, 0.15) is 5.82 Å². The van der Waals surface area contributed by atoms with Gasteiger partial charge in [-0.2, -0.15) is 5.10 Å². The lowest BCUT2D eigenvalue weighted by Crippen LogP contribution is -2.38. The Morgan fingerprint density at radius 2 is 2.21 bits per heavy atom. The molecule has 24 heavy (non-hydrogen) atoms. The van der Waals surface area contributed by atoms with E-state index in [0.29, 0.717) is 30.4 Å². The molecule has 0 radical (unpaired) electrons. The van der Waals surface area contributed by atoms with Crippen molar-refractivity contribution < 1.29 is 9.59 Å². The number of nitrogens with one attached hydrogen (secondary N) is 1. The number of anilines is 1. The summed E-state index contributed by atoms with van der Waals surface area (Å²) >= 11 is 5.76. The highest BCUT2D eigenvalue weighted by molar-refractivity contribution is 6.30. The van der Waals surface area contributed by atoms with Crippen LogP contribution in [0.4, 0.5) is 5.82 Å². The number of amides is 2. The molecule has 0 aliphatic carbocycles. The summed E-state index contributed by atoms with van der Waals surface area (Å²) < 4.78 is 1.68. The van der Waals surface area contributed by atoms with Crippen molar-refractivity contribution in [2.45, 2.75) is 13.0 Å². The largest absolute Gasteiger partial charge is 0.364 e. The Kier molecular flexibility index (Phi) is 4.50. The lowest BCUT2D eigenvalue weighted by Gasteiger charge is -2.26. The van der Waals surface area contributed by atoms with Crippen LogP contribution in [0.2, 0.25) is 5.02 Å². The van der Waals surface area contributed by atoms with Crippen molar-refractivity contribution in [1.82, 2.24) is 19.7 Å². The normalized spacial score (nSPS) is 14.2. The zero-order valence-electron chi connectivity index (χ0n) is 13.1. The van der Waals surface area contributed by atoms with Crippen LogP contribution in [0.25, 0.3) is 0 Å². The van der Waals surface area contributed by atoms with Crippen molar-refractivity contribution in [1.29, 1.82) is 0 Å². The van der Waals surface area contributed by atoms with Crippen LogP contribution >= 0.6 is 11.6 Å². The minimum absolute atomic E-state index is 0.183. The zero-order valence-corrected chi connectivity index (χ0v) is 13.9. The highest BCUT2D eigenvalue weighted by atomic mass is 35.5. The number of hydrogen-bond acceptors (Lipinski definition) is 5. The van der Waals surface area contributed by atoms with E-state index in [4.69, 9.17) is 17.3 Å². The van der Waals surface area contributed by atoms with Crippen LogP contribution in [0.15, 0.2) is 18.3 Å². The van der Waals surface area contributed by atoms with E-state index >= 15 is 0 Å². The molecule has 2 aromatic heterocycles. The molecular weight excluding hydrogens is 332 g/mol. The molecule has 2 amide bonds. The number of halogens is 1. The molecule has 3 heterocycles. The predicted molar refractivity (Wildman–Crippen MR) is 88.6 cm³/mol. The van der Waals surface area contributed by atoms with Gasteiger partial charge in [-0.1, -0.05) is 11.6 Å². The van der Waals surface area contributed by atoms with Gasteiger partial charge in [0.15, 0.2) is 5.69 Å². The first-order valence-corrected chi connectivity index (χ1v) is 7.80. The number of fused-ring (bicyclic) bond motifs is 1. The number of nitrogens with two attached hydrogens (primary N) is 1. The first-order valence-electron chi connectivity index (χ1n) is 7.42. The molecule has 0 atom stereocenters. The number of hydrogen-bond donors (Lipinski definition) is 2. The quantitative estimate of drug-likeness (QED) is 0.840. The van der Waals surface area contributed by atoms with Gasteiger partial charge in [0.25, 0.3) is 5.91 Å². The van der Waals surface area contributed by atoms with E-state index < -0.39 is 5.91 Å². The number of carbonyl (C=O) groups is 2. The second-order valence-electron chi connectivity index (χ2n) is 5.63. The molecule has 1 aliphatic rings. The van der Waals surface area contributed by atoms with Crippen LogP contribution in [-0.2, 0) is 24.8 Å². The maximum absolute atomic E-state index is 12.2. The number of nitrogens with zero attached hydrogens (tertiary/aromatic N) is 4. The standard InChI is InChI=1S/C15H17ClN6O2/c1-21-11-4-5-22(7-10(11)14(20-21)15(17)24)8-13(23)19-12-3-2-9(16)6-18-12/h2-3,6H,4-5,7-8H2,1H3,(H2,17,24)(H,18,19,23). The van der Waals surface area contributed by atoms with E-state index in [-0.39, 0.29) is 18.1 Å². The van der Waals surface area contributed by atoms with Crippen LogP contribution in [0, 0.1) is 0 Å². The van der Waals surface area contributed by atoms with E-state index in [9.17, 15) is 9.59 Å². The molecule has 0 fully saturated rings. The summed E-state index contributed by atoms with van der Waals surface area (Å²) in [6, 6.07) is 3.30. The fraction of sp³-hybridized carbons (Fsp3) is 0.333. The van der Waals surface area contributed by atoms with Gasteiger partial charge in [0.05, 0.1) is 11.6 Å². The monoisotopic (exact) mass is 348 g/mol. The number of primary amides is 1. The average Bonchev–Trinajstić information content (AvgIpc) is 2.86. The molecule has 8 nitrogen and oxygen atoms in total. The topological polar surface area (TPSA) is 106 Å². The molecule has 1 aliphatic heterocycles. The number of carbonyl (C=O) groups excluding carboxylic acids is 2. The van der Waals surface area contributed by atoms with Crippen molar-refractivity contribution in [3.8, 4) is 0 Å². The highest BCUT2D eigenvalue weighted by Gasteiger charge is 2.27. The first-order chi connectivity index (χ1) is 11.4. The van der Waals surface area contributed by atoms with Crippen LogP contribution in [0.5, 0.6) is 0 Å². The van der Waals surface area contributed by atoms with Gasteiger partial charge in [-0.15, -0.1) is 0 Å². The number of rotatable bonds is 4. The zero-order chi connectivity index (χ0) is 17.3. The van der Waals surface area contributed by atoms with Gasteiger partial charge < -0.3 is 11.1 Å². The second-order valence-corrected chi connectivity index (χ2v) is 6.07. The molecule has 3 rings (SSSR count). The van der Waals surface area contributed by atoms with Crippen molar-refractivity contribution in [3.63, 3.8) is 0 Å². The number of aromatic nitrogens is 3. The van der Waals surface area contributed by atoms with Gasteiger partial charge in [-0.25, -0.2) is 4.98 Å². The summed E-state index contributed by atoms with van der Waals surface area (Å²) in [5.41, 5.74) is 7.44. The van der Waals surface area contributed by atoms with E-state index in [2.05, 4.69) is 15.4 Å². The molecule has 0 aromatic carbocycles. The Hall–Kier alpha value is -2.45. The third kappa shape index (κ3) is 3.39. The Morgan fingerprint density at radius 3 is 2.88 bits per heavy atom. The molecule has 0 bridgehead atoms. The van der Waals surface area contributed by atoms with Crippen molar-refractivity contribution in [2.24, 2.45) is 12.8 Å². The van der Waals surface area contributed by atoms with E-state index in [1.54, 1.807) is 23.9 Å². The first kappa shape index (κ1) is 16.4. The average molecular weight is 349 g/mol. The fourth-order valence-electron chi connectivity index (χ4n) is 2.82. The highest BCUT2D eigenvalue weighted by Crippen LogP contribution is 2.21. The van der Waals surface area contributed by atoms with Gasteiger partial charge in [-0.05, 0) is 12.1 Å². The molecule has 3 N–H and O–H groups in total. The Balaban J connectivity index is 1.66. The number of aryl methyl sites for hydroxylation is 1.